The van der Waals surface area contributed by atoms with E-state index in [1.54, 1.807) is 14.2 Å². The first-order valence-electron chi connectivity index (χ1n) is 7.94. The number of aromatic amines is 1. The minimum absolute atomic E-state index is 0.619. The Bertz CT molecular complexity index is 657. The SMILES string of the molecule is CCCOc1c(OC)cc(-c2n[nH]c3c2CNCC3)cc1OC. The molecule has 0 radical (unpaired) electrons. The van der Waals surface area contributed by atoms with E-state index in [-0.39, 0.29) is 0 Å². The van der Waals surface area contributed by atoms with Crippen LogP contribution in [0.25, 0.3) is 11.3 Å². The smallest absolute Gasteiger partial charge is 0.203 e. The van der Waals surface area contributed by atoms with Crippen molar-refractivity contribution < 1.29 is 14.2 Å². The van der Waals surface area contributed by atoms with Gasteiger partial charge in [0.2, 0.25) is 5.75 Å². The zero-order valence-electron chi connectivity index (χ0n) is 13.9. The maximum Gasteiger partial charge on any atom is 0.203 e. The molecule has 0 saturated heterocycles. The standard InChI is InChI=1S/C17H23N3O3/c1-4-7-23-17-14(21-2)8-11(9-15(17)22-3)16-12-10-18-6-5-13(12)19-20-16/h8-9,18H,4-7,10H2,1-3H3,(H,19,20). The van der Waals surface area contributed by atoms with Crippen LogP contribution in [0.15, 0.2) is 12.1 Å². The van der Waals surface area contributed by atoms with Crippen molar-refractivity contribution in [2.45, 2.75) is 26.3 Å². The second-order valence-corrected chi connectivity index (χ2v) is 5.51. The number of benzene rings is 1. The molecule has 0 spiro atoms. The molecule has 0 bridgehead atoms. The van der Waals surface area contributed by atoms with Crippen molar-refractivity contribution in [3.05, 3.63) is 23.4 Å². The highest BCUT2D eigenvalue weighted by molar-refractivity contribution is 5.71. The van der Waals surface area contributed by atoms with Crippen LogP contribution in [0.4, 0.5) is 0 Å². The van der Waals surface area contributed by atoms with Crippen LogP contribution in [0, 0.1) is 0 Å². The average Bonchev–Trinajstić information content (AvgIpc) is 3.03. The molecule has 2 N–H and O–H groups in total. The van der Waals surface area contributed by atoms with Crippen molar-refractivity contribution >= 4 is 0 Å². The molecule has 124 valence electrons. The Morgan fingerprint density at radius 1 is 1.17 bits per heavy atom. The van der Waals surface area contributed by atoms with Gasteiger partial charge in [0.25, 0.3) is 0 Å². The Morgan fingerprint density at radius 2 is 1.91 bits per heavy atom. The average molecular weight is 317 g/mol. The third kappa shape index (κ3) is 2.99. The van der Waals surface area contributed by atoms with Crippen molar-refractivity contribution in [2.24, 2.45) is 0 Å². The van der Waals surface area contributed by atoms with Gasteiger partial charge in [0.15, 0.2) is 11.5 Å². The third-order valence-electron chi connectivity index (χ3n) is 3.99. The molecule has 6 heteroatoms. The molecule has 23 heavy (non-hydrogen) atoms. The first-order valence-corrected chi connectivity index (χ1v) is 7.94. The Morgan fingerprint density at radius 3 is 2.57 bits per heavy atom. The first kappa shape index (κ1) is 15.7. The lowest BCUT2D eigenvalue weighted by Crippen LogP contribution is -2.23. The molecule has 0 atom stereocenters. The van der Waals surface area contributed by atoms with E-state index >= 15 is 0 Å². The number of hydrogen-bond donors (Lipinski definition) is 2. The largest absolute Gasteiger partial charge is 0.493 e. The van der Waals surface area contributed by atoms with Gasteiger partial charge in [-0.25, -0.2) is 0 Å². The fourth-order valence-electron chi connectivity index (χ4n) is 2.83. The summed E-state index contributed by atoms with van der Waals surface area (Å²) in [5.74, 6) is 1.96. The van der Waals surface area contributed by atoms with Crippen molar-refractivity contribution in [3.8, 4) is 28.5 Å². The van der Waals surface area contributed by atoms with Crippen LogP contribution in [0.2, 0.25) is 0 Å². The monoisotopic (exact) mass is 317 g/mol. The predicted molar refractivity (Wildman–Crippen MR) is 88.3 cm³/mol. The third-order valence-corrected chi connectivity index (χ3v) is 3.99. The fourth-order valence-corrected chi connectivity index (χ4v) is 2.83. The fraction of sp³-hybridized carbons (Fsp3) is 0.471. The Balaban J connectivity index is 2.05. The van der Waals surface area contributed by atoms with E-state index in [0.717, 1.165) is 37.2 Å². The molecule has 1 aliphatic rings. The summed E-state index contributed by atoms with van der Waals surface area (Å²) in [6.07, 6.45) is 1.89. The van der Waals surface area contributed by atoms with Gasteiger partial charge in [-0.2, -0.15) is 5.10 Å². The highest BCUT2D eigenvalue weighted by Crippen LogP contribution is 2.42. The molecular formula is C17H23N3O3. The number of rotatable bonds is 6. The summed E-state index contributed by atoms with van der Waals surface area (Å²) in [4.78, 5) is 0. The normalized spacial score (nSPS) is 13.5. The van der Waals surface area contributed by atoms with Crippen LogP contribution >= 0.6 is 0 Å². The molecule has 6 nitrogen and oxygen atoms in total. The molecular weight excluding hydrogens is 294 g/mol. The summed E-state index contributed by atoms with van der Waals surface area (Å²) < 4.78 is 16.8. The minimum atomic E-state index is 0.619. The van der Waals surface area contributed by atoms with Crippen LogP contribution in [0.3, 0.4) is 0 Å². The maximum atomic E-state index is 5.79. The van der Waals surface area contributed by atoms with Gasteiger partial charge >= 0.3 is 0 Å². The molecule has 1 aromatic heterocycles. The van der Waals surface area contributed by atoms with Crippen LogP contribution in [0.1, 0.15) is 24.6 Å². The van der Waals surface area contributed by atoms with E-state index in [1.807, 2.05) is 12.1 Å². The van der Waals surface area contributed by atoms with E-state index in [1.165, 1.54) is 11.3 Å². The van der Waals surface area contributed by atoms with Crippen LogP contribution in [-0.4, -0.2) is 37.6 Å². The molecule has 0 unspecified atom stereocenters. The number of nitrogens with one attached hydrogen (secondary N) is 2. The molecule has 0 fully saturated rings. The Labute approximate surface area is 136 Å². The van der Waals surface area contributed by atoms with Crippen LogP contribution < -0.4 is 19.5 Å². The minimum Gasteiger partial charge on any atom is -0.493 e. The Kier molecular flexibility index (Phi) is 4.71. The highest BCUT2D eigenvalue weighted by atomic mass is 16.5. The second kappa shape index (κ2) is 6.91. The predicted octanol–water partition coefficient (Wildman–Crippen LogP) is 2.53. The lowest BCUT2D eigenvalue weighted by molar-refractivity contribution is 0.275. The van der Waals surface area contributed by atoms with E-state index in [4.69, 9.17) is 14.2 Å². The van der Waals surface area contributed by atoms with Crippen LogP contribution in [0.5, 0.6) is 17.2 Å². The van der Waals surface area contributed by atoms with Gasteiger partial charge in [0, 0.05) is 36.3 Å². The zero-order chi connectivity index (χ0) is 16.2. The van der Waals surface area contributed by atoms with Gasteiger partial charge in [-0.15, -0.1) is 0 Å². The topological polar surface area (TPSA) is 68.4 Å². The lowest BCUT2D eigenvalue weighted by atomic mass is 10.0. The zero-order valence-corrected chi connectivity index (χ0v) is 13.9. The molecule has 2 aromatic rings. The summed E-state index contributed by atoms with van der Waals surface area (Å²) in [6.45, 7) is 4.48. The molecule has 3 rings (SSSR count). The molecule has 0 aliphatic carbocycles. The lowest BCUT2D eigenvalue weighted by Gasteiger charge is -2.17. The molecule has 0 amide bonds. The molecule has 2 heterocycles. The number of ether oxygens (including phenoxy) is 3. The van der Waals surface area contributed by atoms with E-state index in [9.17, 15) is 0 Å². The summed E-state index contributed by atoms with van der Waals surface area (Å²) in [6, 6.07) is 3.91. The van der Waals surface area contributed by atoms with Crippen molar-refractivity contribution in [1.29, 1.82) is 0 Å². The van der Waals surface area contributed by atoms with Gasteiger partial charge < -0.3 is 19.5 Å². The Hall–Kier alpha value is -2.21. The maximum absolute atomic E-state index is 5.79. The van der Waals surface area contributed by atoms with Gasteiger partial charge in [-0.1, -0.05) is 6.92 Å². The van der Waals surface area contributed by atoms with Gasteiger partial charge in [-0.3, -0.25) is 5.10 Å². The van der Waals surface area contributed by atoms with Gasteiger partial charge in [-0.05, 0) is 18.6 Å². The van der Waals surface area contributed by atoms with Gasteiger partial charge in [0.05, 0.1) is 26.5 Å². The number of aromatic nitrogens is 2. The van der Waals surface area contributed by atoms with Crippen molar-refractivity contribution in [1.82, 2.24) is 15.5 Å². The summed E-state index contributed by atoms with van der Waals surface area (Å²) >= 11 is 0. The van der Waals surface area contributed by atoms with Crippen molar-refractivity contribution in [3.63, 3.8) is 0 Å². The summed E-state index contributed by atoms with van der Waals surface area (Å²) in [7, 11) is 3.28. The molecule has 1 aromatic carbocycles. The van der Waals surface area contributed by atoms with Crippen LogP contribution in [-0.2, 0) is 13.0 Å². The number of fused-ring (bicyclic) bond motifs is 1. The van der Waals surface area contributed by atoms with E-state index < -0.39 is 0 Å². The molecule has 1 aliphatic heterocycles. The number of nitrogens with zero attached hydrogens (tertiary/aromatic N) is 1. The van der Waals surface area contributed by atoms with E-state index in [0.29, 0.717) is 23.9 Å². The first-order chi connectivity index (χ1) is 11.3. The quantitative estimate of drug-likeness (QED) is 0.857. The molecule has 0 saturated carbocycles. The second-order valence-electron chi connectivity index (χ2n) is 5.51. The number of hydrogen-bond acceptors (Lipinski definition) is 5. The number of H-pyrrole nitrogens is 1. The van der Waals surface area contributed by atoms with E-state index in [2.05, 4.69) is 22.4 Å². The highest BCUT2D eigenvalue weighted by Gasteiger charge is 2.21. The summed E-state index contributed by atoms with van der Waals surface area (Å²) in [5, 5.41) is 11.0. The number of methoxy groups -OCH3 is 2. The summed E-state index contributed by atoms with van der Waals surface area (Å²) in [5.41, 5.74) is 4.31. The van der Waals surface area contributed by atoms with Crippen molar-refractivity contribution in [2.75, 3.05) is 27.4 Å². The van der Waals surface area contributed by atoms with Gasteiger partial charge in [0.1, 0.15) is 0 Å².